The van der Waals surface area contributed by atoms with Gasteiger partial charge in [0.05, 0.1) is 4.91 Å². The molecule has 0 aromatic heterocycles. The summed E-state index contributed by atoms with van der Waals surface area (Å²) < 4.78 is 0. The van der Waals surface area contributed by atoms with Crippen LogP contribution >= 0.6 is 11.8 Å². The van der Waals surface area contributed by atoms with Crippen molar-refractivity contribution in [2.24, 2.45) is 0 Å². The molecule has 1 fully saturated rings. The Morgan fingerprint density at radius 1 is 1.13 bits per heavy atom. The number of thioether (sulfide) groups is 1. The van der Waals surface area contributed by atoms with Gasteiger partial charge >= 0.3 is 0 Å². The third kappa shape index (κ3) is 2.19. The van der Waals surface area contributed by atoms with Crippen LogP contribution in [-0.2, 0) is 9.90 Å². The Bertz CT molecular complexity index is 450. The SMILES string of the molecule is [O]c1ccc(/C=C2/SC(=O)NC2=O)cc1. The molecule has 1 saturated heterocycles. The number of hydrogen-bond donors (Lipinski definition) is 1. The quantitative estimate of drug-likeness (QED) is 0.737. The van der Waals surface area contributed by atoms with Crippen LogP contribution in [0.5, 0.6) is 5.75 Å². The fraction of sp³-hybridized carbons (Fsp3) is 0. The molecule has 0 spiro atoms. The molecule has 1 N–H and O–H groups in total. The smallest absolute Gasteiger partial charge is 0.290 e. The first-order valence-electron chi connectivity index (χ1n) is 4.17. The predicted octanol–water partition coefficient (Wildman–Crippen LogP) is 2.15. The third-order valence-corrected chi connectivity index (χ3v) is 2.63. The van der Waals surface area contributed by atoms with Crippen molar-refractivity contribution in [3.63, 3.8) is 0 Å². The number of amides is 2. The molecule has 5 heteroatoms. The second kappa shape index (κ2) is 3.78. The molecule has 4 nitrogen and oxygen atoms in total. The van der Waals surface area contributed by atoms with E-state index in [9.17, 15) is 14.7 Å². The van der Waals surface area contributed by atoms with Crippen LogP contribution in [0.4, 0.5) is 4.79 Å². The van der Waals surface area contributed by atoms with Crippen LogP contribution < -0.4 is 5.32 Å². The van der Waals surface area contributed by atoms with E-state index < -0.39 is 5.91 Å². The summed E-state index contributed by atoms with van der Waals surface area (Å²) in [6, 6.07) is 6.02. The van der Waals surface area contributed by atoms with Gasteiger partial charge in [0.25, 0.3) is 11.1 Å². The molecule has 2 rings (SSSR count). The zero-order valence-corrected chi connectivity index (χ0v) is 8.34. The second-order valence-electron chi connectivity index (χ2n) is 2.92. The number of nitrogens with one attached hydrogen (secondary N) is 1. The van der Waals surface area contributed by atoms with E-state index in [1.165, 1.54) is 12.1 Å². The number of benzene rings is 1. The van der Waals surface area contributed by atoms with Crippen LogP contribution in [0.15, 0.2) is 29.2 Å². The van der Waals surface area contributed by atoms with Gasteiger partial charge in [-0.25, -0.2) is 0 Å². The Kier molecular flexibility index (Phi) is 2.47. The number of imide groups is 1. The van der Waals surface area contributed by atoms with E-state index in [2.05, 4.69) is 5.32 Å². The molecule has 1 radical (unpaired) electrons. The molecule has 0 saturated carbocycles. The lowest BCUT2D eigenvalue weighted by atomic mass is 10.2. The summed E-state index contributed by atoms with van der Waals surface area (Å²) >= 11 is 0.856. The van der Waals surface area contributed by atoms with Gasteiger partial charge in [-0.2, -0.15) is 0 Å². The van der Waals surface area contributed by atoms with Gasteiger partial charge in [0.1, 0.15) is 0 Å². The van der Waals surface area contributed by atoms with Gasteiger partial charge in [-0.05, 0) is 35.5 Å². The van der Waals surface area contributed by atoms with Gasteiger partial charge in [0.2, 0.25) is 0 Å². The number of hydrogen-bond acceptors (Lipinski definition) is 3. The summed E-state index contributed by atoms with van der Waals surface area (Å²) in [4.78, 5) is 22.4. The Balaban J connectivity index is 2.27. The summed E-state index contributed by atoms with van der Waals surface area (Å²) in [7, 11) is 0. The first-order valence-corrected chi connectivity index (χ1v) is 4.99. The monoisotopic (exact) mass is 220 g/mol. The molecule has 75 valence electrons. The third-order valence-electron chi connectivity index (χ3n) is 1.82. The fourth-order valence-electron chi connectivity index (χ4n) is 1.14. The molecule has 0 unspecified atom stereocenters. The molecular formula is C10H6NO3S. The lowest BCUT2D eigenvalue weighted by Crippen LogP contribution is -2.17. The average molecular weight is 220 g/mol. The maximum absolute atomic E-state index is 11.2. The molecule has 1 aliphatic heterocycles. The molecule has 1 aromatic carbocycles. The van der Waals surface area contributed by atoms with E-state index in [0.717, 1.165) is 17.3 Å². The number of carbonyl (C=O) groups excluding carboxylic acids is 2. The standard InChI is InChI=1S/C10H6NO3S/c12-7-3-1-6(2-4-7)5-8-9(13)11-10(14)15-8/h1-5H,(H,11,13,14)/b8-5+. The van der Waals surface area contributed by atoms with Crippen LogP contribution in [0.1, 0.15) is 5.56 Å². The van der Waals surface area contributed by atoms with Crippen LogP contribution in [0.2, 0.25) is 0 Å². The molecule has 15 heavy (non-hydrogen) atoms. The summed E-state index contributed by atoms with van der Waals surface area (Å²) in [6.45, 7) is 0. The minimum atomic E-state index is -0.392. The van der Waals surface area contributed by atoms with Crippen molar-refractivity contribution in [3.8, 4) is 5.75 Å². The average Bonchev–Trinajstić information content (AvgIpc) is 2.49. The summed E-state index contributed by atoms with van der Waals surface area (Å²) in [5, 5.41) is 12.6. The normalized spacial score (nSPS) is 18.3. The van der Waals surface area contributed by atoms with Gasteiger partial charge in [0, 0.05) is 0 Å². The zero-order chi connectivity index (χ0) is 10.8. The summed E-state index contributed by atoms with van der Waals surface area (Å²) in [5.74, 6) is -0.479. The Hall–Kier alpha value is -1.75. The largest absolute Gasteiger partial charge is 0.290 e. The van der Waals surface area contributed by atoms with Crippen molar-refractivity contribution < 1.29 is 14.7 Å². The first kappa shape index (κ1) is 9.79. The minimum absolute atomic E-state index is 0.0863. The van der Waals surface area contributed by atoms with Gasteiger partial charge in [0.15, 0.2) is 5.75 Å². The topological polar surface area (TPSA) is 66.1 Å². The molecule has 2 amide bonds. The van der Waals surface area contributed by atoms with Crippen LogP contribution in [-0.4, -0.2) is 11.1 Å². The zero-order valence-electron chi connectivity index (χ0n) is 7.52. The molecule has 1 aromatic rings. The van der Waals surface area contributed by atoms with Gasteiger partial charge in [-0.15, -0.1) is 0 Å². The second-order valence-corrected chi connectivity index (χ2v) is 3.94. The molecule has 0 atom stereocenters. The van der Waals surface area contributed by atoms with E-state index in [0.29, 0.717) is 4.91 Å². The van der Waals surface area contributed by atoms with Crippen molar-refractivity contribution in [1.29, 1.82) is 0 Å². The Morgan fingerprint density at radius 2 is 1.80 bits per heavy atom. The van der Waals surface area contributed by atoms with E-state index in [4.69, 9.17) is 0 Å². The van der Waals surface area contributed by atoms with Crippen molar-refractivity contribution in [1.82, 2.24) is 5.32 Å². The van der Waals surface area contributed by atoms with Gasteiger partial charge in [-0.1, -0.05) is 12.1 Å². The Labute approximate surface area is 90.0 Å². The summed E-state index contributed by atoms with van der Waals surface area (Å²) in [5.41, 5.74) is 0.724. The van der Waals surface area contributed by atoms with Crippen molar-refractivity contribution in [2.75, 3.05) is 0 Å². The fourth-order valence-corrected chi connectivity index (χ4v) is 1.82. The lowest BCUT2D eigenvalue weighted by molar-refractivity contribution is -0.115. The molecule has 1 aliphatic rings. The predicted molar refractivity (Wildman–Crippen MR) is 55.7 cm³/mol. The van der Waals surface area contributed by atoms with Crippen molar-refractivity contribution in [2.45, 2.75) is 0 Å². The number of rotatable bonds is 1. The summed E-state index contributed by atoms with van der Waals surface area (Å²) in [6.07, 6.45) is 1.57. The van der Waals surface area contributed by atoms with Gasteiger partial charge < -0.3 is 0 Å². The number of carbonyl (C=O) groups is 2. The Morgan fingerprint density at radius 3 is 2.33 bits per heavy atom. The first-order chi connectivity index (χ1) is 7.15. The maximum Gasteiger partial charge on any atom is 0.290 e. The van der Waals surface area contributed by atoms with E-state index in [-0.39, 0.29) is 11.0 Å². The molecule has 0 bridgehead atoms. The van der Waals surface area contributed by atoms with Gasteiger partial charge in [-0.3, -0.25) is 20.0 Å². The lowest BCUT2D eigenvalue weighted by Gasteiger charge is -1.93. The maximum atomic E-state index is 11.2. The van der Waals surface area contributed by atoms with Crippen LogP contribution in [0, 0.1) is 0 Å². The van der Waals surface area contributed by atoms with Crippen molar-refractivity contribution >= 4 is 29.0 Å². The van der Waals surface area contributed by atoms with E-state index in [1.54, 1.807) is 18.2 Å². The van der Waals surface area contributed by atoms with Crippen molar-refractivity contribution in [3.05, 3.63) is 34.7 Å². The highest BCUT2D eigenvalue weighted by atomic mass is 32.2. The molecule has 0 aliphatic carbocycles. The molecule has 1 heterocycles. The highest BCUT2D eigenvalue weighted by molar-refractivity contribution is 8.18. The highest BCUT2D eigenvalue weighted by Crippen LogP contribution is 2.25. The van der Waals surface area contributed by atoms with Crippen LogP contribution in [0.25, 0.3) is 6.08 Å². The highest BCUT2D eigenvalue weighted by Gasteiger charge is 2.24. The van der Waals surface area contributed by atoms with Crippen LogP contribution in [0.3, 0.4) is 0 Å². The van der Waals surface area contributed by atoms with E-state index >= 15 is 0 Å². The van der Waals surface area contributed by atoms with E-state index in [1.807, 2.05) is 0 Å². The minimum Gasteiger partial charge on any atom is -0.290 e. The molecular weight excluding hydrogens is 214 g/mol.